The van der Waals surface area contributed by atoms with E-state index in [9.17, 15) is 0 Å². The number of ether oxygens (including phenoxy) is 2. The normalized spacial score (nSPS) is 23.0. The third-order valence-corrected chi connectivity index (χ3v) is 4.03. The number of hydrogen-bond donors (Lipinski definition) is 1. The average Bonchev–Trinajstić information content (AvgIpc) is 2.45. The Balaban J connectivity index is 2.19. The van der Waals surface area contributed by atoms with Crippen molar-refractivity contribution < 1.29 is 9.47 Å². The van der Waals surface area contributed by atoms with E-state index in [1.54, 1.807) is 7.11 Å². The molecule has 1 aromatic rings. The molecule has 1 aliphatic rings. The summed E-state index contributed by atoms with van der Waals surface area (Å²) in [5, 5.41) is 4.37. The quantitative estimate of drug-likeness (QED) is 0.866. The summed E-state index contributed by atoms with van der Waals surface area (Å²) >= 11 is 6.12. The van der Waals surface area contributed by atoms with Gasteiger partial charge in [-0.15, -0.1) is 0 Å². The van der Waals surface area contributed by atoms with Crippen LogP contribution in [0.4, 0.5) is 0 Å². The molecule has 1 N–H and O–H groups in total. The van der Waals surface area contributed by atoms with E-state index in [4.69, 9.17) is 21.1 Å². The lowest BCUT2D eigenvalue weighted by Gasteiger charge is -2.35. The third-order valence-electron chi connectivity index (χ3n) is 3.80. The van der Waals surface area contributed by atoms with Crippen molar-refractivity contribution in [3.05, 3.63) is 28.8 Å². The molecule has 3 unspecified atom stereocenters. The van der Waals surface area contributed by atoms with E-state index in [1.807, 2.05) is 18.2 Å². The van der Waals surface area contributed by atoms with Gasteiger partial charge < -0.3 is 14.8 Å². The summed E-state index contributed by atoms with van der Waals surface area (Å²) < 4.78 is 11.4. The van der Waals surface area contributed by atoms with Gasteiger partial charge >= 0.3 is 0 Å². The average molecular weight is 298 g/mol. The minimum atomic E-state index is 0.179. The Kier molecular flexibility index (Phi) is 5.70. The van der Waals surface area contributed by atoms with Gasteiger partial charge in [-0.2, -0.15) is 0 Å². The molecule has 3 nitrogen and oxygen atoms in total. The summed E-state index contributed by atoms with van der Waals surface area (Å²) in [5.41, 5.74) is 1.17. The zero-order valence-electron chi connectivity index (χ0n) is 12.5. The summed E-state index contributed by atoms with van der Waals surface area (Å²) in [7, 11) is 1.74. The van der Waals surface area contributed by atoms with Crippen molar-refractivity contribution in [1.82, 2.24) is 5.32 Å². The highest BCUT2D eigenvalue weighted by atomic mass is 35.5. The summed E-state index contributed by atoms with van der Waals surface area (Å²) in [5.74, 6) is 1.32. The van der Waals surface area contributed by atoms with Crippen LogP contribution in [-0.4, -0.2) is 26.4 Å². The lowest BCUT2D eigenvalue weighted by Crippen LogP contribution is -2.38. The number of nitrogens with one attached hydrogen (secondary N) is 1. The van der Waals surface area contributed by atoms with Crippen LogP contribution in [-0.2, 0) is 4.74 Å². The fraction of sp³-hybridized carbons (Fsp3) is 0.625. The zero-order chi connectivity index (χ0) is 14.5. The Morgan fingerprint density at radius 2 is 2.30 bits per heavy atom. The first-order valence-corrected chi connectivity index (χ1v) is 7.72. The molecule has 1 heterocycles. The van der Waals surface area contributed by atoms with E-state index < -0.39 is 0 Å². The second-order valence-electron chi connectivity index (χ2n) is 5.51. The highest BCUT2D eigenvalue weighted by Gasteiger charge is 2.31. The van der Waals surface area contributed by atoms with Gasteiger partial charge in [0.05, 0.1) is 6.61 Å². The molecule has 3 atom stereocenters. The molecule has 4 heteroatoms. The number of halogens is 1. The summed E-state index contributed by atoms with van der Waals surface area (Å²) in [6.45, 7) is 6.07. The lowest BCUT2D eigenvalue weighted by molar-refractivity contribution is 0.0501. The van der Waals surface area contributed by atoms with Gasteiger partial charge in [0.1, 0.15) is 11.9 Å². The molecule has 0 spiro atoms. The van der Waals surface area contributed by atoms with Crippen molar-refractivity contribution >= 4 is 11.6 Å². The fourth-order valence-corrected chi connectivity index (χ4v) is 2.88. The maximum absolute atomic E-state index is 6.13. The summed E-state index contributed by atoms with van der Waals surface area (Å²) in [6, 6.07) is 6.19. The lowest BCUT2D eigenvalue weighted by atomic mass is 9.91. The van der Waals surface area contributed by atoms with Crippen LogP contribution >= 0.6 is 11.6 Å². The molecule has 0 saturated carbocycles. The van der Waals surface area contributed by atoms with Gasteiger partial charge in [-0.3, -0.25) is 0 Å². The van der Waals surface area contributed by atoms with Gasteiger partial charge in [0.2, 0.25) is 0 Å². The van der Waals surface area contributed by atoms with Crippen molar-refractivity contribution in [3.63, 3.8) is 0 Å². The monoisotopic (exact) mass is 297 g/mol. The molecule has 0 bridgehead atoms. The van der Waals surface area contributed by atoms with Crippen LogP contribution in [0.2, 0.25) is 5.02 Å². The van der Waals surface area contributed by atoms with E-state index in [0.29, 0.717) is 18.6 Å². The minimum absolute atomic E-state index is 0.179. The highest BCUT2D eigenvalue weighted by molar-refractivity contribution is 6.30. The molecule has 0 amide bonds. The molecule has 1 aliphatic heterocycles. The Labute approximate surface area is 126 Å². The molecule has 1 aromatic carbocycles. The first kappa shape index (κ1) is 15.6. The standard InChI is InChI=1S/C16H24ClNO2/c1-4-7-18-14-9-16(11(2)10-19-3)20-15-6-5-12(17)8-13(14)15/h5-6,8,11,14,16,18H,4,7,9-10H2,1-3H3. The van der Waals surface area contributed by atoms with E-state index in [-0.39, 0.29) is 6.10 Å². The second-order valence-corrected chi connectivity index (χ2v) is 5.95. The van der Waals surface area contributed by atoms with Crippen LogP contribution < -0.4 is 10.1 Å². The van der Waals surface area contributed by atoms with E-state index in [2.05, 4.69) is 19.2 Å². The highest BCUT2D eigenvalue weighted by Crippen LogP contribution is 2.38. The van der Waals surface area contributed by atoms with Crippen molar-refractivity contribution in [3.8, 4) is 5.75 Å². The molecule has 0 aliphatic carbocycles. The number of methoxy groups -OCH3 is 1. The second kappa shape index (κ2) is 7.30. The predicted octanol–water partition coefficient (Wildman–Crippen LogP) is 3.81. The SMILES string of the molecule is CCCNC1CC(C(C)COC)Oc2ccc(Cl)cc21. The first-order valence-electron chi connectivity index (χ1n) is 7.34. The molecule has 2 rings (SSSR count). The predicted molar refractivity (Wildman–Crippen MR) is 82.6 cm³/mol. The maximum atomic E-state index is 6.13. The van der Waals surface area contributed by atoms with Gasteiger partial charge in [-0.05, 0) is 31.2 Å². The largest absolute Gasteiger partial charge is 0.490 e. The fourth-order valence-electron chi connectivity index (χ4n) is 2.70. The molecule has 0 radical (unpaired) electrons. The Hall–Kier alpha value is -0.770. The maximum Gasteiger partial charge on any atom is 0.124 e. The Bertz CT molecular complexity index is 438. The molecule has 0 aromatic heterocycles. The number of rotatable bonds is 6. The van der Waals surface area contributed by atoms with Crippen LogP contribution in [0.15, 0.2) is 18.2 Å². The number of fused-ring (bicyclic) bond motifs is 1. The van der Waals surface area contributed by atoms with Gasteiger partial charge in [0.15, 0.2) is 0 Å². The van der Waals surface area contributed by atoms with Crippen molar-refractivity contribution in [2.45, 2.75) is 38.8 Å². The first-order chi connectivity index (χ1) is 9.65. The van der Waals surface area contributed by atoms with Crippen molar-refractivity contribution in [2.24, 2.45) is 5.92 Å². The van der Waals surface area contributed by atoms with Crippen LogP contribution in [0.5, 0.6) is 5.75 Å². The molecule has 0 fully saturated rings. The van der Waals surface area contributed by atoms with Crippen LogP contribution in [0.3, 0.4) is 0 Å². The van der Waals surface area contributed by atoms with Gasteiger partial charge in [-0.1, -0.05) is 25.4 Å². The molecule has 20 heavy (non-hydrogen) atoms. The van der Waals surface area contributed by atoms with Gasteiger partial charge in [-0.25, -0.2) is 0 Å². The van der Waals surface area contributed by atoms with Crippen molar-refractivity contribution in [2.75, 3.05) is 20.3 Å². The van der Waals surface area contributed by atoms with Gasteiger partial charge in [0, 0.05) is 36.1 Å². The summed E-state index contributed by atoms with van der Waals surface area (Å²) in [4.78, 5) is 0. The number of hydrogen-bond acceptors (Lipinski definition) is 3. The number of benzene rings is 1. The Morgan fingerprint density at radius 3 is 3.00 bits per heavy atom. The third kappa shape index (κ3) is 3.66. The van der Waals surface area contributed by atoms with E-state index in [0.717, 1.165) is 30.2 Å². The summed E-state index contributed by atoms with van der Waals surface area (Å²) in [6.07, 6.45) is 2.25. The van der Waals surface area contributed by atoms with Crippen LogP contribution in [0.1, 0.15) is 38.3 Å². The minimum Gasteiger partial charge on any atom is -0.490 e. The Morgan fingerprint density at radius 1 is 1.50 bits per heavy atom. The van der Waals surface area contributed by atoms with Crippen molar-refractivity contribution in [1.29, 1.82) is 0 Å². The molecule has 112 valence electrons. The van der Waals surface area contributed by atoms with Gasteiger partial charge in [0.25, 0.3) is 0 Å². The topological polar surface area (TPSA) is 30.5 Å². The smallest absolute Gasteiger partial charge is 0.124 e. The zero-order valence-corrected chi connectivity index (χ0v) is 13.2. The molecular formula is C16H24ClNO2. The van der Waals surface area contributed by atoms with Crippen LogP contribution in [0.25, 0.3) is 0 Å². The van der Waals surface area contributed by atoms with E-state index in [1.165, 1.54) is 5.56 Å². The van der Waals surface area contributed by atoms with Crippen LogP contribution in [0, 0.1) is 5.92 Å². The van der Waals surface area contributed by atoms with E-state index >= 15 is 0 Å². The molecular weight excluding hydrogens is 274 g/mol. The molecule has 0 saturated heterocycles.